The van der Waals surface area contributed by atoms with Crippen LogP contribution in [-0.2, 0) is 11.3 Å². The molecule has 0 aliphatic carbocycles. The van der Waals surface area contributed by atoms with Crippen LogP contribution in [0.25, 0.3) is 0 Å². The van der Waals surface area contributed by atoms with Crippen molar-refractivity contribution in [3.63, 3.8) is 0 Å². The molecule has 4 atom stereocenters. The molecule has 1 aliphatic heterocycles. The largest absolute Gasteiger partial charge is 0.497 e. The summed E-state index contributed by atoms with van der Waals surface area (Å²) in [5, 5.41) is 13.7. The topological polar surface area (TPSA) is 60.0 Å². The molecule has 4 unspecified atom stereocenters. The molecule has 2 rings (SSSR count). The van der Waals surface area contributed by atoms with Crippen LogP contribution < -0.4 is 14.8 Å². The predicted molar refractivity (Wildman–Crippen MR) is 131 cm³/mol. The first-order valence-electron chi connectivity index (χ1n) is 12.7. The lowest BCUT2D eigenvalue weighted by molar-refractivity contribution is -0.0258. The highest BCUT2D eigenvalue weighted by molar-refractivity contribution is 5.38. The Hall–Kier alpha value is -1.30. The summed E-state index contributed by atoms with van der Waals surface area (Å²) in [6.45, 7) is 6.91. The molecule has 32 heavy (non-hydrogen) atoms. The highest BCUT2D eigenvalue weighted by atomic mass is 16.5. The average Bonchev–Trinajstić information content (AvgIpc) is 2.80. The summed E-state index contributed by atoms with van der Waals surface area (Å²) < 4.78 is 16.5. The number of hydrogen-bond donors (Lipinski definition) is 2. The molecule has 0 amide bonds. The van der Waals surface area contributed by atoms with Crippen molar-refractivity contribution in [3.05, 3.63) is 23.8 Å². The van der Waals surface area contributed by atoms with E-state index in [4.69, 9.17) is 14.2 Å². The molecule has 1 saturated heterocycles. The lowest BCUT2D eigenvalue weighted by atomic mass is 9.92. The van der Waals surface area contributed by atoms with Crippen molar-refractivity contribution < 1.29 is 19.3 Å². The molecule has 2 N–H and O–H groups in total. The maximum atomic E-state index is 10.3. The number of nitrogens with one attached hydrogen (secondary N) is 1. The molecule has 5 heteroatoms. The molecule has 1 aromatic carbocycles. The minimum absolute atomic E-state index is 0.303. The molecular weight excluding hydrogens is 402 g/mol. The van der Waals surface area contributed by atoms with Gasteiger partial charge in [0.1, 0.15) is 11.5 Å². The summed E-state index contributed by atoms with van der Waals surface area (Å²) in [5.74, 6) is 2.98. The molecule has 1 aliphatic rings. The summed E-state index contributed by atoms with van der Waals surface area (Å²) in [6.07, 6.45) is 12.4. The van der Waals surface area contributed by atoms with E-state index in [1.807, 2.05) is 18.2 Å². The number of aliphatic hydroxyl groups is 1. The Morgan fingerprint density at radius 1 is 1.03 bits per heavy atom. The Balaban J connectivity index is 1.49. The second kappa shape index (κ2) is 15.5. The van der Waals surface area contributed by atoms with Gasteiger partial charge in [0.2, 0.25) is 0 Å². The Bertz CT molecular complexity index is 601. The molecule has 0 saturated carbocycles. The third kappa shape index (κ3) is 10.5. The monoisotopic (exact) mass is 449 g/mol. The van der Waals surface area contributed by atoms with E-state index >= 15 is 0 Å². The van der Waals surface area contributed by atoms with Gasteiger partial charge < -0.3 is 24.6 Å². The Morgan fingerprint density at radius 2 is 1.75 bits per heavy atom. The van der Waals surface area contributed by atoms with Gasteiger partial charge in [0, 0.05) is 25.8 Å². The maximum Gasteiger partial charge on any atom is 0.122 e. The van der Waals surface area contributed by atoms with E-state index in [0.717, 1.165) is 42.4 Å². The van der Waals surface area contributed by atoms with Crippen LogP contribution in [0.2, 0.25) is 0 Å². The van der Waals surface area contributed by atoms with Gasteiger partial charge in [-0.1, -0.05) is 46.0 Å². The second-order valence-electron chi connectivity index (χ2n) is 9.71. The van der Waals surface area contributed by atoms with Gasteiger partial charge in [0.15, 0.2) is 0 Å². The van der Waals surface area contributed by atoms with Crippen LogP contribution in [0, 0.1) is 11.8 Å². The maximum absolute atomic E-state index is 10.3. The van der Waals surface area contributed by atoms with Gasteiger partial charge in [-0.3, -0.25) is 0 Å². The molecular formula is C27H47NO4. The van der Waals surface area contributed by atoms with Gasteiger partial charge in [-0.15, -0.1) is 0 Å². The van der Waals surface area contributed by atoms with Gasteiger partial charge in [0.05, 0.1) is 26.4 Å². The number of hydrogen-bond acceptors (Lipinski definition) is 5. The molecule has 1 aromatic rings. The van der Waals surface area contributed by atoms with E-state index in [9.17, 15) is 5.11 Å². The van der Waals surface area contributed by atoms with E-state index in [2.05, 4.69) is 19.2 Å². The van der Waals surface area contributed by atoms with Gasteiger partial charge >= 0.3 is 0 Å². The zero-order chi connectivity index (χ0) is 23.2. The van der Waals surface area contributed by atoms with Crippen molar-refractivity contribution in [1.82, 2.24) is 5.32 Å². The second-order valence-corrected chi connectivity index (χ2v) is 9.71. The average molecular weight is 450 g/mol. The van der Waals surface area contributed by atoms with Crippen LogP contribution in [0.15, 0.2) is 18.2 Å². The van der Waals surface area contributed by atoms with Gasteiger partial charge in [-0.05, 0) is 61.6 Å². The van der Waals surface area contributed by atoms with E-state index in [1.54, 1.807) is 14.2 Å². The third-order valence-corrected chi connectivity index (χ3v) is 6.82. The van der Waals surface area contributed by atoms with E-state index in [1.165, 1.54) is 51.4 Å². The fraction of sp³-hybridized carbons (Fsp3) is 0.778. The normalized spacial score (nSPS) is 20.7. The highest BCUT2D eigenvalue weighted by Gasteiger charge is 2.21. The van der Waals surface area contributed by atoms with Crippen LogP contribution in [0.4, 0.5) is 0 Å². The Labute approximate surface area is 196 Å². The van der Waals surface area contributed by atoms with Crippen molar-refractivity contribution in [2.24, 2.45) is 11.8 Å². The molecule has 1 heterocycles. The zero-order valence-electron chi connectivity index (χ0n) is 20.9. The molecule has 0 radical (unpaired) electrons. The number of aliphatic hydroxyl groups excluding tert-OH is 1. The number of rotatable bonds is 16. The summed E-state index contributed by atoms with van der Waals surface area (Å²) in [5.41, 5.74) is 1.09. The number of benzene rings is 1. The van der Waals surface area contributed by atoms with Gasteiger partial charge in [-0.2, -0.15) is 0 Å². The van der Waals surface area contributed by atoms with E-state index < -0.39 is 0 Å². The number of methoxy groups -OCH3 is 2. The van der Waals surface area contributed by atoms with Crippen LogP contribution in [-0.4, -0.2) is 44.7 Å². The first-order valence-corrected chi connectivity index (χ1v) is 12.7. The summed E-state index contributed by atoms with van der Waals surface area (Å²) in [7, 11) is 3.31. The van der Waals surface area contributed by atoms with Gasteiger partial charge in [-0.25, -0.2) is 0 Å². The molecule has 1 fully saturated rings. The van der Waals surface area contributed by atoms with Crippen LogP contribution in [0.3, 0.4) is 0 Å². The minimum atomic E-state index is -0.303. The molecule has 0 bridgehead atoms. The number of unbranched alkanes of at least 4 members (excludes halogenated alkanes) is 3. The molecule has 0 aromatic heterocycles. The van der Waals surface area contributed by atoms with Crippen LogP contribution in [0.5, 0.6) is 11.5 Å². The van der Waals surface area contributed by atoms with Crippen molar-refractivity contribution in [1.29, 1.82) is 0 Å². The van der Waals surface area contributed by atoms with Crippen LogP contribution in [0.1, 0.15) is 83.6 Å². The van der Waals surface area contributed by atoms with Gasteiger partial charge in [0.25, 0.3) is 0 Å². The van der Waals surface area contributed by atoms with E-state index in [0.29, 0.717) is 25.1 Å². The quantitative estimate of drug-likeness (QED) is 0.316. The van der Waals surface area contributed by atoms with E-state index in [-0.39, 0.29) is 6.10 Å². The standard InChI is InChI=1S/C27H47NO4/c1-21(10-7-5-6-8-12-27-22(2)11-9-15-32-27)13-14-24(29)20-28-19-23-16-25(30-3)18-26(17-23)31-4/h16-18,21-22,24,27-29H,5-15,19-20H2,1-4H3. The molecule has 0 spiro atoms. The first-order chi connectivity index (χ1) is 15.5. The fourth-order valence-corrected chi connectivity index (χ4v) is 4.62. The highest BCUT2D eigenvalue weighted by Crippen LogP contribution is 2.25. The Morgan fingerprint density at radius 3 is 2.44 bits per heavy atom. The SMILES string of the molecule is COc1cc(CNCC(O)CCC(C)CCCCCCC2OCCCC2C)cc(OC)c1. The zero-order valence-corrected chi connectivity index (χ0v) is 20.9. The van der Waals surface area contributed by atoms with Crippen molar-refractivity contribution in [2.75, 3.05) is 27.4 Å². The number of ether oxygens (including phenoxy) is 3. The summed E-state index contributed by atoms with van der Waals surface area (Å²) in [6, 6.07) is 5.85. The van der Waals surface area contributed by atoms with Crippen molar-refractivity contribution in [2.45, 2.75) is 96.8 Å². The predicted octanol–water partition coefficient (Wildman–Crippen LogP) is 5.73. The van der Waals surface area contributed by atoms with Crippen molar-refractivity contribution in [3.8, 4) is 11.5 Å². The first kappa shape index (κ1) is 26.9. The fourth-order valence-electron chi connectivity index (χ4n) is 4.62. The Kier molecular flexibility index (Phi) is 13.1. The lowest BCUT2D eigenvalue weighted by Crippen LogP contribution is -2.27. The summed E-state index contributed by atoms with van der Waals surface area (Å²) in [4.78, 5) is 0. The third-order valence-electron chi connectivity index (χ3n) is 6.82. The lowest BCUT2D eigenvalue weighted by Gasteiger charge is -2.29. The molecule has 184 valence electrons. The summed E-state index contributed by atoms with van der Waals surface area (Å²) >= 11 is 0. The smallest absolute Gasteiger partial charge is 0.122 e. The molecule has 5 nitrogen and oxygen atoms in total. The minimum Gasteiger partial charge on any atom is -0.497 e. The van der Waals surface area contributed by atoms with Crippen LogP contribution >= 0.6 is 0 Å². The van der Waals surface area contributed by atoms with Crippen molar-refractivity contribution >= 4 is 0 Å².